The molecule has 2 unspecified atom stereocenters. The van der Waals surface area contributed by atoms with Crippen LogP contribution in [-0.2, 0) is 14.3 Å². The highest BCUT2D eigenvalue weighted by Gasteiger charge is 2.33. The number of benzene rings is 1. The summed E-state index contributed by atoms with van der Waals surface area (Å²) in [6.45, 7) is 3.74. The second kappa shape index (κ2) is 6.41. The highest BCUT2D eigenvalue weighted by Crippen LogP contribution is 2.40. The number of rotatable bonds is 2. The Morgan fingerprint density at radius 2 is 1.82 bits per heavy atom. The van der Waals surface area contributed by atoms with Crippen LogP contribution in [0, 0.1) is 5.92 Å². The van der Waals surface area contributed by atoms with Gasteiger partial charge in [0, 0.05) is 17.1 Å². The summed E-state index contributed by atoms with van der Waals surface area (Å²) < 4.78 is 11.6. The van der Waals surface area contributed by atoms with Crippen LogP contribution in [-0.4, -0.2) is 12.9 Å². The lowest BCUT2D eigenvalue weighted by atomic mass is 9.84. The molecule has 3 nitrogen and oxygen atoms in total. The van der Waals surface area contributed by atoms with Gasteiger partial charge in [-0.1, -0.05) is 37.3 Å². The van der Waals surface area contributed by atoms with Gasteiger partial charge in [-0.15, -0.1) is 12.4 Å². The topological polar surface area (TPSA) is 35.5 Å². The number of halogens is 1. The summed E-state index contributed by atoms with van der Waals surface area (Å²) in [5, 5.41) is 0. The van der Waals surface area contributed by atoms with Gasteiger partial charge < -0.3 is 9.47 Å². The average Bonchev–Trinajstić information content (AvgIpc) is 2.52. The van der Waals surface area contributed by atoms with Gasteiger partial charge in [0.25, 0.3) is 0 Å². The van der Waals surface area contributed by atoms with Gasteiger partial charge in [-0.25, -0.2) is 0 Å². The van der Waals surface area contributed by atoms with Crippen LogP contribution in [0.15, 0.2) is 65.1 Å². The molecule has 1 aromatic carbocycles. The lowest BCUT2D eigenvalue weighted by molar-refractivity contribution is -0.118. The van der Waals surface area contributed by atoms with E-state index in [1.165, 1.54) is 0 Å². The molecule has 4 heteroatoms. The van der Waals surface area contributed by atoms with Crippen LogP contribution in [0.3, 0.4) is 0 Å². The molecule has 1 aliphatic heterocycles. The van der Waals surface area contributed by atoms with Crippen LogP contribution < -0.4 is 0 Å². The van der Waals surface area contributed by atoms with Crippen LogP contribution in [0.4, 0.5) is 0 Å². The van der Waals surface area contributed by atoms with Gasteiger partial charge in [-0.2, -0.15) is 0 Å². The van der Waals surface area contributed by atoms with Gasteiger partial charge in [0.05, 0.1) is 7.11 Å². The minimum atomic E-state index is -0.264. The maximum atomic E-state index is 12.1. The summed E-state index contributed by atoms with van der Waals surface area (Å²) in [5.74, 6) is 1.45. The number of hydrogen-bond donors (Lipinski definition) is 0. The molecule has 0 N–H and O–H groups in total. The van der Waals surface area contributed by atoms with E-state index >= 15 is 0 Å². The fourth-order valence-corrected chi connectivity index (χ4v) is 2.79. The summed E-state index contributed by atoms with van der Waals surface area (Å²) in [6, 6.07) is 9.95. The van der Waals surface area contributed by atoms with E-state index in [1.807, 2.05) is 56.3 Å². The van der Waals surface area contributed by atoms with E-state index in [2.05, 4.69) is 0 Å². The highest BCUT2D eigenvalue weighted by atomic mass is 35.5. The molecule has 1 heterocycles. The van der Waals surface area contributed by atoms with Crippen molar-refractivity contribution < 1.29 is 14.3 Å². The van der Waals surface area contributed by atoms with Gasteiger partial charge in [0.2, 0.25) is 0 Å². The van der Waals surface area contributed by atoms with Crippen molar-refractivity contribution in [3.63, 3.8) is 0 Å². The predicted octanol–water partition coefficient (Wildman–Crippen LogP) is 4.13. The van der Waals surface area contributed by atoms with Crippen LogP contribution in [0.1, 0.15) is 25.5 Å². The fourth-order valence-electron chi connectivity index (χ4n) is 2.79. The average molecular weight is 319 g/mol. The van der Waals surface area contributed by atoms with E-state index in [0.29, 0.717) is 0 Å². The van der Waals surface area contributed by atoms with Crippen molar-refractivity contribution in [1.82, 2.24) is 0 Å². The van der Waals surface area contributed by atoms with E-state index < -0.39 is 0 Å². The molecule has 3 rings (SSSR count). The zero-order chi connectivity index (χ0) is 15.0. The van der Waals surface area contributed by atoms with Crippen LogP contribution in [0.2, 0.25) is 0 Å². The normalized spacial score (nSPS) is 23.7. The molecule has 0 spiro atoms. The number of allylic oxidation sites excluding steroid dienone is 4. The number of carbonyl (C=O) groups excluding carboxylic acids is 1. The molecular formula is C18H19ClO3. The molecule has 116 valence electrons. The van der Waals surface area contributed by atoms with Crippen molar-refractivity contribution in [2.75, 3.05) is 7.11 Å². The number of Topliss-reactive ketones (excluding diaryl/α,β-unsaturated/α-hetero) is 1. The van der Waals surface area contributed by atoms with Gasteiger partial charge in [-0.3, -0.25) is 4.79 Å². The van der Waals surface area contributed by atoms with Crippen molar-refractivity contribution in [3.05, 3.63) is 70.7 Å². The summed E-state index contributed by atoms with van der Waals surface area (Å²) >= 11 is 0. The van der Waals surface area contributed by atoms with Crippen molar-refractivity contribution in [1.29, 1.82) is 0 Å². The highest BCUT2D eigenvalue weighted by molar-refractivity contribution is 6.00. The molecule has 2 aliphatic rings. The van der Waals surface area contributed by atoms with Crippen molar-refractivity contribution >= 4 is 18.2 Å². The molecule has 1 aromatic rings. The minimum Gasteiger partial charge on any atom is -0.497 e. The molecule has 2 atom stereocenters. The first-order chi connectivity index (χ1) is 10.1. The zero-order valence-corrected chi connectivity index (χ0v) is 13.6. The third-order valence-electron chi connectivity index (χ3n) is 4.02. The van der Waals surface area contributed by atoms with E-state index in [9.17, 15) is 4.79 Å². The summed E-state index contributed by atoms with van der Waals surface area (Å²) in [4.78, 5) is 12.1. The molecule has 0 radical (unpaired) electrons. The monoisotopic (exact) mass is 318 g/mol. The molecule has 0 amide bonds. The number of ether oxygens (including phenoxy) is 2. The fraction of sp³-hybridized carbons (Fsp3) is 0.278. The zero-order valence-electron chi connectivity index (χ0n) is 12.8. The van der Waals surface area contributed by atoms with Crippen molar-refractivity contribution in [2.24, 2.45) is 5.92 Å². The van der Waals surface area contributed by atoms with Gasteiger partial charge in [-0.05, 0) is 24.6 Å². The minimum absolute atomic E-state index is 0. The Balaban J connectivity index is 0.00000176. The molecule has 0 aromatic heterocycles. The van der Waals surface area contributed by atoms with Crippen LogP contribution in [0.25, 0.3) is 0 Å². The second-order valence-corrected chi connectivity index (χ2v) is 5.39. The largest absolute Gasteiger partial charge is 0.497 e. The molecule has 0 fully saturated rings. The number of methoxy groups -OCH3 is 1. The summed E-state index contributed by atoms with van der Waals surface area (Å²) in [6.07, 6.45) is 3.51. The lowest BCUT2D eigenvalue weighted by Crippen LogP contribution is -2.24. The molecular weight excluding hydrogens is 300 g/mol. The Morgan fingerprint density at radius 3 is 2.45 bits per heavy atom. The Kier molecular flexibility index (Phi) is 4.77. The van der Waals surface area contributed by atoms with E-state index in [1.54, 1.807) is 7.11 Å². The Morgan fingerprint density at radius 1 is 1.14 bits per heavy atom. The first-order valence-corrected chi connectivity index (χ1v) is 7.05. The molecule has 0 saturated carbocycles. The van der Waals surface area contributed by atoms with Gasteiger partial charge >= 0.3 is 0 Å². The summed E-state index contributed by atoms with van der Waals surface area (Å²) in [7, 11) is 1.63. The first-order valence-electron chi connectivity index (χ1n) is 7.05. The van der Waals surface area contributed by atoms with Crippen LogP contribution in [0.5, 0.6) is 0 Å². The molecule has 0 bridgehead atoms. The maximum Gasteiger partial charge on any atom is 0.180 e. The lowest BCUT2D eigenvalue weighted by Gasteiger charge is -2.31. The van der Waals surface area contributed by atoms with Crippen LogP contribution >= 0.6 is 12.4 Å². The Bertz CT molecular complexity index is 671. The maximum absolute atomic E-state index is 12.1. The third kappa shape index (κ3) is 2.69. The van der Waals surface area contributed by atoms with Crippen molar-refractivity contribution in [3.8, 4) is 0 Å². The molecule has 22 heavy (non-hydrogen) atoms. The summed E-state index contributed by atoms with van der Waals surface area (Å²) in [5.41, 5.74) is 2.67. The third-order valence-corrected chi connectivity index (χ3v) is 4.02. The SMILES string of the molecule is COC1=CC2=C(C=C(C)C(=O)C2C)OC1c1ccccc1.Cl. The van der Waals surface area contributed by atoms with Gasteiger partial charge in [0.15, 0.2) is 11.9 Å². The van der Waals surface area contributed by atoms with Crippen molar-refractivity contribution in [2.45, 2.75) is 20.0 Å². The predicted molar refractivity (Wildman–Crippen MR) is 87.6 cm³/mol. The smallest absolute Gasteiger partial charge is 0.180 e. The molecule has 1 aliphatic carbocycles. The Labute approximate surface area is 136 Å². The number of hydrogen-bond acceptors (Lipinski definition) is 3. The standard InChI is InChI=1S/C18H18O3.ClH/c1-11-9-15-14(12(2)17(11)19)10-16(20-3)18(21-15)13-7-5-4-6-8-13;/h4-10,12,18H,1-3H3;1H. The van der Waals surface area contributed by atoms with E-state index in [4.69, 9.17) is 9.47 Å². The first kappa shape index (κ1) is 16.4. The van der Waals surface area contributed by atoms with Gasteiger partial charge in [0.1, 0.15) is 11.5 Å². The quantitative estimate of drug-likeness (QED) is 0.822. The number of carbonyl (C=O) groups is 1. The molecule has 0 saturated heterocycles. The van der Waals surface area contributed by atoms with E-state index in [0.717, 1.165) is 28.2 Å². The second-order valence-electron chi connectivity index (χ2n) is 5.39. The number of ketones is 1. The Hall–Kier alpha value is -2.00. The van der Waals surface area contributed by atoms with E-state index in [-0.39, 0.29) is 30.2 Å².